The van der Waals surface area contributed by atoms with E-state index < -0.39 is 0 Å². The van der Waals surface area contributed by atoms with Crippen LogP contribution in [0.2, 0.25) is 0 Å². The van der Waals surface area contributed by atoms with Gasteiger partial charge in [0.2, 0.25) is 0 Å². The van der Waals surface area contributed by atoms with Crippen molar-refractivity contribution in [3.8, 4) is 5.75 Å². The molecule has 1 atom stereocenters. The second kappa shape index (κ2) is 9.87. The quantitative estimate of drug-likeness (QED) is 0.567. The van der Waals surface area contributed by atoms with Crippen LogP contribution < -0.4 is 4.74 Å². The van der Waals surface area contributed by atoms with E-state index >= 15 is 0 Å². The molecule has 0 bridgehead atoms. The maximum atomic E-state index is 13.0. The zero-order chi connectivity index (χ0) is 20.8. The van der Waals surface area contributed by atoms with Crippen molar-refractivity contribution in [1.82, 2.24) is 14.7 Å². The van der Waals surface area contributed by atoms with Crippen molar-refractivity contribution < 1.29 is 13.9 Å². The molecule has 0 saturated carbocycles. The van der Waals surface area contributed by atoms with Crippen molar-refractivity contribution >= 4 is 0 Å². The lowest BCUT2D eigenvalue weighted by molar-refractivity contribution is -0.0318. The molecule has 2 aromatic carbocycles. The van der Waals surface area contributed by atoms with Crippen LogP contribution in [0, 0.1) is 5.82 Å². The molecule has 30 heavy (non-hydrogen) atoms. The van der Waals surface area contributed by atoms with Crippen LogP contribution >= 0.6 is 0 Å². The number of rotatable bonds is 8. The summed E-state index contributed by atoms with van der Waals surface area (Å²) < 4.78 is 26.6. The Bertz CT molecular complexity index is 927. The molecule has 5 nitrogen and oxygen atoms in total. The highest BCUT2D eigenvalue weighted by molar-refractivity contribution is 5.22. The third-order valence-electron chi connectivity index (χ3n) is 5.48. The van der Waals surface area contributed by atoms with E-state index in [1.807, 2.05) is 11.7 Å². The van der Waals surface area contributed by atoms with Gasteiger partial charge in [0.05, 0.1) is 18.9 Å². The average molecular weight is 410 g/mol. The van der Waals surface area contributed by atoms with E-state index in [9.17, 15) is 4.39 Å². The highest BCUT2D eigenvalue weighted by atomic mass is 19.1. The molecule has 1 aliphatic heterocycles. The van der Waals surface area contributed by atoms with Crippen LogP contribution in [0.1, 0.15) is 23.1 Å². The van der Waals surface area contributed by atoms with Crippen molar-refractivity contribution in [2.45, 2.75) is 18.9 Å². The van der Waals surface area contributed by atoms with E-state index in [0.29, 0.717) is 12.4 Å². The molecule has 0 radical (unpaired) electrons. The van der Waals surface area contributed by atoms with E-state index in [2.05, 4.69) is 46.4 Å². The van der Waals surface area contributed by atoms with Gasteiger partial charge in [0, 0.05) is 38.8 Å². The van der Waals surface area contributed by atoms with Gasteiger partial charge in [0.15, 0.2) is 0 Å². The zero-order valence-electron chi connectivity index (χ0n) is 17.3. The molecule has 1 aliphatic rings. The van der Waals surface area contributed by atoms with E-state index in [1.165, 1.54) is 17.7 Å². The smallest absolute Gasteiger partial charge is 0.123 e. The lowest BCUT2D eigenvalue weighted by Crippen LogP contribution is -2.39. The van der Waals surface area contributed by atoms with Crippen molar-refractivity contribution in [3.63, 3.8) is 0 Å². The Hall–Kier alpha value is -2.70. The van der Waals surface area contributed by atoms with Crippen molar-refractivity contribution in [1.29, 1.82) is 0 Å². The van der Waals surface area contributed by atoms with Crippen LogP contribution in [0.15, 0.2) is 60.7 Å². The normalized spacial score (nSPS) is 17.2. The molecule has 4 rings (SSSR count). The first-order valence-corrected chi connectivity index (χ1v) is 10.5. The van der Waals surface area contributed by atoms with E-state index in [0.717, 1.165) is 50.5 Å². The summed E-state index contributed by atoms with van der Waals surface area (Å²) in [5.74, 6) is 0.410. The van der Waals surface area contributed by atoms with Gasteiger partial charge in [-0.05, 0) is 42.3 Å². The number of aryl methyl sites for hydroxylation is 1. The van der Waals surface area contributed by atoms with E-state index in [4.69, 9.17) is 9.47 Å². The molecule has 0 spiro atoms. The highest BCUT2D eigenvalue weighted by Crippen LogP contribution is 2.22. The molecule has 1 saturated heterocycles. The van der Waals surface area contributed by atoms with Gasteiger partial charge in [-0.1, -0.05) is 30.3 Å². The number of hydrogen-bond acceptors (Lipinski definition) is 4. The van der Waals surface area contributed by atoms with Crippen LogP contribution in [0.3, 0.4) is 0 Å². The molecule has 158 valence electrons. The fraction of sp³-hybridized carbons (Fsp3) is 0.375. The van der Waals surface area contributed by atoms with Gasteiger partial charge in [-0.15, -0.1) is 0 Å². The number of halogens is 1. The van der Waals surface area contributed by atoms with E-state index in [1.54, 1.807) is 12.1 Å². The second-order valence-corrected chi connectivity index (χ2v) is 7.63. The number of benzene rings is 2. The molecule has 3 aromatic rings. The minimum Gasteiger partial charge on any atom is -0.493 e. The maximum Gasteiger partial charge on any atom is 0.123 e. The van der Waals surface area contributed by atoms with Gasteiger partial charge in [-0.2, -0.15) is 5.10 Å². The second-order valence-electron chi connectivity index (χ2n) is 7.63. The SMILES string of the molecule is Cn1nc([C@@H]2CN(CCc3ccccc3)CCO2)cc1CCOc1ccc(F)cc1. The minimum absolute atomic E-state index is 0.00695. The van der Waals surface area contributed by atoms with Crippen LogP contribution in [0.5, 0.6) is 5.75 Å². The summed E-state index contributed by atoms with van der Waals surface area (Å²) in [5.41, 5.74) is 3.43. The molecular weight excluding hydrogens is 381 g/mol. The van der Waals surface area contributed by atoms with Crippen LogP contribution in [-0.4, -0.2) is 47.5 Å². The van der Waals surface area contributed by atoms with Gasteiger partial charge >= 0.3 is 0 Å². The fourth-order valence-corrected chi connectivity index (χ4v) is 3.74. The highest BCUT2D eigenvalue weighted by Gasteiger charge is 2.24. The standard InChI is InChI=1S/C24H28FN3O2/c1-27-21(12-15-29-22-9-7-20(25)8-10-22)17-23(26-27)24-18-28(14-16-30-24)13-11-19-5-3-2-4-6-19/h2-10,17,24H,11-16,18H2,1H3/t24-/m0/s1. The number of aromatic nitrogens is 2. The number of nitrogens with zero attached hydrogens (tertiary/aromatic N) is 3. The molecule has 0 aliphatic carbocycles. The molecule has 2 heterocycles. The maximum absolute atomic E-state index is 13.0. The Balaban J connectivity index is 1.29. The molecule has 6 heteroatoms. The first kappa shape index (κ1) is 20.6. The first-order valence-electron chi connectivity index (χ1n) is 10.5. The Morgan fingerprint density at radius 1 is 1.10 bits per heavy atom. The summed E-state index contributed by atoms with van der Waals surface area (Å²) in [7, 11) is 1.95. The number of morpholine rings is 1. The molecule has 1 aromatic heterocycles. The van der Waals surface area contributed by atoms with Crippen molar-refractivity contribution in [3.05, 3.63) is 83.4 Å². The zero-order valence-corrected chi connectivity index (χ0v) is 17.3. The number of hydrogen-bond donors (Lipinski definition) is 0. The van der Waals surface area contributed by atoms with Gasteiger partial charge in [-0.3, -0.25) is 9.58 Å². The molecule has 0 amide bonds. The summed E-state index contributed by atoms with van der Waals surface area (Å²) in [6.07, 6.45) is 1.76. The van der Waals surface area contributed by atoms with E-state index in [-0.39, 0.29) is 11.9 Å². The Kier molecular flexibility index (Phi) is 6.77. The summed E-state index contributed by atoms with van der Waals surface area (Å²) in [6.45, 7) is 4.07. The van der Waals surface area contributed by atoms with Crippen LogP contribution in [0.25, 0.3) is 0 Å². The third-order valence-corrected chi connectivity index (χ3v) is 5.48. The molecule has 1 fully saturated rings. The Labute approximate surface area is 177 Å². The van der Waals surface area contributed by atoms with Crippen LogP contribution in [-0.2, 0) is 24.6 Å². The first-order chi connectivity index (χ1) is 14.7. The lowest BCUT2D eigenvalue weighted by atomic mass is 10.1. The monoisotopic (exact) mass is 409 g/mol. The third kappa shape index (κ3) is 5.46. The largest absolute Gasteiger partial charge is 0.493 e. The van der Waals surface area contributed by atoms with Crippen molar-refractivity contribution in [2.24, 2.45) is 7.05 Å². The Morgan fingerprint density at radius 3 is 2.70 bits per heavy atom. The number of ether oxygens (including phenoxy) is 2. The minimum atomic E-state index is -0.260. The van der Waals surface area contributed by atoms with Gasteiger partial charge in [-0.25, -0.2) is 4.39 Å². The lowest BCUT2D eigenvalue weighted by Gasteiger charge is -2.32. The topological polar surface area (TPSA) is 39.5 Å². The Morgan fingerprint density at radius 2 is 1.90 bits per heavy atom. The predicted molar refractivity (Wildman–Crippen MR) is 114 cm³/mol. The molecular formula is C24H28FN3O2. The average Bonchev–Trinajstić information content (AvgIpc) is 3.15. The van der Waals surface area contributed by atoms with Gasteiger partial charge in [0.25, 0.3) is 0 Å². The van der Waals surface area contributed by atoms with Crippen LogP contribution in [0.4, 0.5) is 4.39 Å². The molecule has 0 N–H and O–H groups in total. The summed E-state index contributed by atoms with van der Waals surface area (Å²) in [5, 5.41) is 4.68. The summed E-state index contributed by atoms with van der Waals surface area (Å²) >= 11 is 0. The van der Waals surface area contributed by atoms with Crippen molar-refractivity contribution in [2.75, 3.05) is 32.8 Å². The van der Waals surface area contributed by atoms with Gasteiger partial charge < -0.3 is 9.47 Å². The summed E-state index contributed by atoms with van der Waals surface area (Å²) in [6, 6.07) is 18.8. The molecule has 0 unspecified atom stereocenters. The summed E-state index contributed by atoms with van der Waals surface area (Å²) in [4.78, 5) is 2.45. The van der Waals surface area contributed by atoms with Gasteiger partial charge in [0.1, 0.15) is 17.7 Å². The predicted octanol–water partition coefficient (Wildman–Crippen LogP) is 3.80. The fourth-order valence-electron chi connectivity index (χ4n) is 3.74.